The third kappa shape index (κ3) is 2.55. The number of hydrogen-bond donors (Lipinski definition) is 1. The van der Waals surface area contributed by atoms with E-state index in [9.17, 15) is 4.79 Å². The van der Waals surface area contributed by atoms with E-state index in [4.69, 9.17) is 11.6 Å². The topological polar surface area (TPSA) is 36.1 Å². The molecule has 2 heterocycles. The lowest BCUT2D eigenvalue weighted by atomic mass is 10.1. The number of carbonyl (C=O) groups is 1. The average Bonchev–Trinajstić information content (AvgIpc) is 2.76. The maximum atomic E-state index is 12.4. The molecule has 0 saturated heterocycles. The summed E-state index contributed by atoms with van der Waals surface area (Å²) in [6, 6.07) is 9.13. The Hall–Kier alpha value is -1.26. The summed E-state index contributed by atoms with van der Waals surface area (Å²) >= 11 is 9.36. The lowest BCUT2D eigenvalue weighted by Crippen LogP contribution is -2.35. The Bertz CT molecular complexity index is 638. The van der Waals surface area contributed by atoms with Crippen LogP contribution in [0.1, 0.15) is 21.6 Å². The molecule has 98 valence electrons. The van der Waals surface area contributed by atoms with Crippen molar-refractivity contribution >= 4 is 33.4 Å². The van der Waals surface area contributed by atoms with Gasteiger partial charge in [0.05, 0.1) is 4.60 Å². The van der Waals surface area contributed by atoms with E-state index in [1.54, 1.807) is 24.3 Å². The SMILES string of the molecule is O=C(c1cccc(Cl)c1)N1CCc2[nH]c(Br)cc2C1. The lowest BCUT2D eigenvalue weighted by Gasteiger charge is -2.27. The maximum Gasteiger partial charge on any atom is 0.254 e. The first-order chi connectivity index (χ1) is 9.13. The molecule has 3 nitrogen and oxygen atoms in total. The standard InChI is InChI=1S/C14H12BrClN2O/c15-13-7-10-8-18(5-4-12(10)17-13)14(19)9-2-1-3-11(16)6-9/h1-3,6-7,17H,4-5,8H2. The fourth-order valence-electron chi connectivity index (χ4n) is 2.37. The van der Waals surface area contributed by atoms with E-state index >= 15 is 0 Å². The van der Waals surface area contributed by atoms with Crippen LogP contribution < -0.4 is 0 Å². The zero-order valence-electron chi connectivity index (χ0n) is 10.1. The molecule has 1 aromatic carbocycles. The van der Waals surface area contributed by atoms with Crippen molar-refractivity contribution in [2.45, 2.75) is 13.0 Å². The largest absolute Gasteiger partial charge is 0.353 e. The molecule has 19 heavy (non-hydrogen) atoms. The zero-order valence-corrected chi connectivity index (χ0v) is 12.5. The van der Waals surface area contributed by atoms with Crippen molar-refractivity contribution in [2.24, 2.45) is 0 Å². The van der Waals surface area contributed by atoms with Gasteiger partial charge in [0.1, 0.15) is 0 Å². The van der Waals surface area contributed by atoms with Gasteiger partial charge in [-0.1, -0.05) is 17.7 Å². The van der Waals surface area contributed by atoms with Crippen molar-refractivity contribution < 1.29 is 4.79 Å². The second-order valence-corrected chi connectivity index (χ2v) is 5.90. The van der Waals surface area contributed by atoms with Gasteiger partial charge in [-0.25, -0.2) is 0 Å². The molecule has 0 spiro atoms. The zero-order chi connectivity index (χ0) is 13.4. The van der Waals surface area contributed by atoms with Crippen LogP contribution in [-0.4, -0.2) is 22.3 Å². The molecule has 0 saturated carbocycles. The summed E-state index contributed by atoms with van der Waals surface area (Å²) in [5, 5.41) is 0.591. The first-order valence-electron chi connectivity index (χ1n) is 6.04. The van der Waals surface area contributed by atoms with E-state index in [1.807, 2.05) is 11.0 Å². The summed E-state index contributed by atoms with van der Waals surface area (Å²) in [5.74, 6) is 0.0328. The first-order valence-corrected chi connectivity index (χ1v) is 7.21. The Balaban J connectivity index is 1.83. The van der Waals surface area contributed by atoms with Gasteiger partial charge in [0, 0.05) is 35.8 Å². The number of aromatic amines is 1. The Morgan fingerprint density at radius 1 is 1.37 bits per heavy atom. The molecule has 0 fully saturated rings. The number of nitrogens with one attached hydrogen (secondary N) is 1. The summed E-state index contributed by atoms with van der Waals surface area (Å²) in [7, 11) is 0. The smallest absolute Gasteiger partial charge is 0.254 e. The Morgan fingerprint density at radius 3 is 3.00 bits per heavy atom. The van der Waals surface area contributed by atoms with Crippen LogP contribution in [0.4, 0.5) is 0 Å². The third-order valence-electron chi connectivity index (χ3n) is 3.31. The highest BCUT2D eigenvalue weighted by Gasteiger charge is 2.23. The molecule has 0 aliphatic carbocycles. The van der Waals surface area contributed by atoms with Gasteiger partial charge in [0.2, 0.25) is 0 Å². The van der Waals surface area contributed by atoms with Crippen LogP contribution in [0.2, 0.25) is 5.02 Å². The van der Waals surface area contributed by atoms with Crippen molar-refractivity contribution in [1.82, 2.24) is 9.88 Å². The Morgan fingerprint density at radius 2 is 2.21 bits per heavy atom. The molecule has 1 N–H and O–H groups in total. The van der Waals surface area contributed by atoms with Crippen molar-refractivity contribution in [1.29, 1.82) is 0 Å². The van der Waals surface area contributed by atoms with Crippen LogP contribution in [0.15, 0.2) is 34.9 Å². The average molecular weight is 340 g/mol. The highest BCUT2D eigenvalue weighted by molar-refractivity contribution is 9.10. The minimum atomic E-state index is 0.0328. The maximum absolute atomic E-state index is 12.4. The first kappa shape index (κ1) is 12.8. The molecule has 1 aromatic heterocycles. The molecular weight excluding hydrogens is 328 g/mol. The van der Waals surface area contributed by atoms with Crippen molar-refractivity contribution in [3.05, 3.63) is 56.8 Å². The van der Waals surface area contributed by atoms with Crippen LogP contribution in [-0.2, 0) is 13.0 Å². The predicted molar refractivity (Wildman–Crippen MR) is 78.4 cm³/mol. The summed E-state index contributed by atoms with van der Waals surface area (Å²) < 4.78 is 0.967. The van der Waals surface area contributed by atoms with Crippen LogP contribution in [0.25, 0.3) is 0 Å². The normalized spacial score (nSPS) is 14.3. The Labute approximate surface area is 124 Å². The number of fused-ring (bicyclic) bond motifs is 1. The predicted octanol–water partition coefficient (Wildman–Crippen LogP) is 3.63. The number of aromatic nitrogens is 1. The lowest BCUT2D eigenvalue weighted by molar-refractivity contribution is 0.0734. The molecule has 0 radical (unpaired) electrons. The van der Waals surface area contributed by atoms with Crippen LogP contribution in [0, 0.1) is 0 Å². The van der Waals surface area contributed by atoms with Crippen molar-refractivity contribution in [3.8, 4) is 0 Å². The van der Waals surface area contributed by atoms with E-state index in [0.717, 1.165) is 17.6 Å². The molecular formula is C14H12BrClN2O. The number of rotatable bonds is 1. The number of amides is 1. The highest BCUT2D eigenvalue weighted by atomic mass is 79.9. The summed E-state index contributed by atoms with van der Waals surface area (Å²) in [6.07, 6.45) is 0.854. The minimum Gasteiger partial charge on any atom is -0.353 e. The molecule has 3 rings (SSSR count). The van der Waals surface area contributed by atoms with Gasteiger partial charge in [-0.3, -0.25) is 4.79 Å². The number of carbonyl (C=O) groups excluding carboxylic acids is 1. The summed E-state index contributed by atoms with van der Waals surface area (Å²) in [6.45, 7) is 1.37. The molecule has 0 unspecified atom stereocenters. The fourth-order valence-corrected chi connectivity index (χ4v) is 3.08. The van der Waals surface area contributed by atoms with Gasteiger partial charge in [0.15, 0.2) is 0 Å². The number of hydrogen-bond acceptors (Lipinski definition) is 1. The van der Waals surface area contributed by atoms with Gasteiger partial charge < -0.3 is 9.88 Å². The van der Waals surface area contributed by atoms with Crippen LogP contribution >= 0.6 is 27.5 Å². The van der Waals surface area contributed by atoms with E-state index in [0.29, 0.717) is 17.1 Å². The van der Waals surface area contributed by atoms with E-state index in [2.05, 4.69) is 20.9 Å². The second kappa shape index (κ2) is 5.02. The second-order valence-electron chi connectivity index (χ2n) is 4.61. The minimum absolute atomic E-state index is 0.0328. The van der Waals surface area contributed by atoms with Gasteiger partial charge in [-0.15, -0.1) is 0 Å². The van der Waals surface area contributed by atoms with Gasteiger partial charge in [-0.2, -0.15) is 0 Å². The monoisotopic (exact) mass is 338 g/mol. The number of benzene rings is 1. The summed E-state index contributed by atoms with van der Waals surface area (Å²) in [4.78, 5) is 17.5. The number of nitrogens with zero attached hydrogens (tertiary/aromatic N) is 1. The summed E-state index contributed by atoms with van der Waals surface area (Å²) in [5.41, 5.74) is 3.03. The molecule has 0 bridgehead atoms. The molecule has 0 atom stereocenters. The van der Waals surface area contributed by atoms with Gasteiger partial charge >= 0.3 is 0 Å². The Kier molecular flexibility index (Phi) is 3.37. The fraction of sp³-hybridized carbons (Fsp3) is 0.214. The van der Waals surface area contributed by atoms with E-state index < -0.39 is 0 Å². The molecule has 2 aromatic rings. The van der Waals surface area contributed by atoms with Crippen LogP contribution in [0.3, 0.4) is 0 Å². The molecule has 1 aliphatic rings. The van der Waals surface area contributed by atoms with Gasteiger partial charge in [0.25, 0.3) is 5.91 Å². The highest BCUT2D eigenvalue weighted by Crippen LogP contribution is 2.24. The van der Waals surface area contributed by atoms with Crippen molar-refractivity contribution in [3.63, 3.8) is 0 Å². The van der Waals surface area contributed by atoms with Gasteiger partial charge in [-0.05, 0) is 45.8 Å². The van der Waals surface area contributed by atoms with E-state index in [1.165, 1.54) is 11.3 Å². The van der Waals surface area contributed by atoms with Crippen molar-refractivity contribution in [2.75, 3.05) is 6.54 Å². The number of halogens is 2. The molecule has 1 aliphatic heterocycles. The van der Waals surface area contributed by atoms with Crippen LogP contribution in [0.5, 0.6) is 0 Å². The molecule has 1 amide bonds. The number of H-pyrrole nitrogens is 1. The van der Waals surface area contributed by atoms with E-state index in [-0.39, 0.29) is 5.91 Å². The quantitative estimate of drug-likeness (QED) is 0.846. The molecule has 5 heteroatoms. The third-order valence-corrected chi connectivity index (χ3v) is 3.97.